The van der Waals surface area contributed by atoms with E-state index in [1.165, 1.54) is 6.08 Å². The predicted molar refractivity (Wildman–Crippen MR) is 77.3 cm³/mol. The average Bonchev–Trinajstić information content (AvgIpc) is 2.76. The van der Waals surface area contributed by atoms with Crippen molar-refractivity contribution in [1.29, 1.82) is 0 Å². The molecule has 1 heterocycles. The Bertz CT molecular complexity index is 631. The zero-order valence-electron chi connectivity index (χ0n) is 10.0. The molecule has 0 saturated carbocycles. The van der Waals surface area contributed by atoms with Crippen LogP contribution < -0.4 is 4.74 Å². The highest BCUT2D eigenvalue weighted by molar-refractivity contribution is 9.10. The first-order valence-electron chi connectivity index (χ1n) is 5.46. The molecule has 0 amide bonds. The molecule has 0 spiro atoms. The highest BCUT2D eigenvalue weighted by atomic mass is 79.9. The number of furan rings is 1. The summed E-state index contributed by atoms with van der Waals surface area (Å²) < 4.78 is 11.2. The molecule has 1 aromatic carbocycles. The van der Waals surface area contributed by atoms with Gasteiger partial charge in [-0.3, -0.25) is 0 Å². The van der Waals surface area contributed by atoms with E-state index in [1.807, 2.05) is 13.0 Å². The number of carbonyl (C=O) groups excluding carboxylic acids is 1. The Morgan fingerprint density at radius 2 is 2.16 bits per heavy atom. The zero-order chi connectivity index (χ0) is 13.8. The van der Waals surface area contributed by atoms with Crippen LogP contribution in [0.5, 0.6) is 5.75 Å². The summed E-state index contributed by atoms with van der Waals surface area (Å²) in [5, 5.41) is 0.366. The molecule has 0 N–H and O–H groups in total. The summed E-state index contributed by atoms with van der Waals surface area (Å²) in [6, 6.07) is 8.61. The Hall–Kier alpha value is -1.52. The van der Waals surface area contributed by atoms with E-state index in [2.05, 4.69) is 15.9 Å². The van der Waals surface area contributed by atoms with Gasteiger partial charge in [0, 0.05) is 10.5 Å². The maximum Gasteiger partial charge on any atom is 0.336 e. The second-order valence-corrected chi connectivity index (χ2v) is 5.10. The molecule has 0 aliphatic heterocycles. The molecule has 2 aromatic rings. The van der Waals surface area contributed by atoms with Crippen LogP contribution in [0.3, 0.4) is 0 Å². The SMILES string of the molecule is Cc1ccc(C=CC(=O)Oc2ccc(Br)cc2Cl)o1. The average molecular weight is 342 g/mol. The molecule has 0 bridgehead atoms. The molecule has 1 aromatic heterocycles. The van der Waals surface area contributed by atoms with Gasteiger partial charge in [0.15, 0.2) is 0 Å². The maximum atomic E-state index is 11.6. The lowest BCUT2D eigenvalue weighted by molar-refractivity contribution is -0.128. The summed E-state index contributed by atoms with van der Waals surface area (Å²) in [7, 11) is 0. The Morgan fingerprint density at radius 3 is 2.79 bits per heavy atom. The van der Waals surface area contributed by atoms with E-state index in [-0.39, 0.29) is 0 Å². The van der Waals surface area contributed by atoms with Gasteiger partial charge in [0.25, 0.3) is 0 Å². The molecule has 5 heteroatoms. The molecule has 0 atom stereocenters. The molecular formula is C14H10BrClO3. The van der Waals surface area contributed by atoms with E-state index in [0.29, 0.717) is 16.5 Å². The summed E-state index contributed by atoms with van der Waals surface area (Å²) in [5.74, 6) is 1.17. The van der Waals surface area contributed by atoms with Crippen molar-refractivity contribution in [2.24, 2.45) is 0 Å². The molecule has 3 nitrogen and oxygen atoms in total. The van der Waals surface area contributed by atoms with Crippen molar-refractivity contribution in [3.8, 4) is 5.75 Å². The summed E-state index contributed by atoms with van der Waals surface area (Å²) in [6.07, 6.45) is 2.83. The summed E-state index contributed by atoms with van der Waals surface area (Å²) >= 11 is 9.22. The van der Waals surface area contributed by atoms with Gasteiger partial charge in [-0.25, -0.2) is 4.79 Å². The van der Waals surface area contributed by atoms with Crippen molar-refractivity contribution in [2.75, 3.05) is 0 Å². The van der Waals surface area contributed by atoms with Crippen LogP contribution in [0.25, 0.3) is 6.08 Å². The van der Waals surface area contributed by atoms with Crippen molar-refractivity contribution in [2.45, 2.75) is 6.92 Å². The van der Waals surface area contributed by atoms with Gasteiger partial charge >= 0.3 is 5.97 Å². The third-order valence-corrected chi connectivity index (χ3v) is 3.04. The molecule has 0 saturated heterocycles. The summed E-state index contributed by atoms with van der Waals surface area (Å²) in [4.78, 5) is 11.6. The van der Waals surface area contributed by atoms with E-state index in [4.69, 9.17) is 20.8 Å². The topological polar surface area (TPSA) is 39.4 Å². The van der Waals surface area contributed by atoms with Crippen LogP contribution >= 0.6 is 27.5 Å². The summed E-state index contributed by atoms with van der Waals surface area (Å²) in [5.41, 5.74) is 0. The van der Waals surface area contributed by atoms with Gasteiger partial charge in [0.05, 0.1) is 5.02 Å². The first kappa shape index (κ1) is 13.9. The number of esters is 1. The van der Waals surface area contributed by atoms with Gasteiger partial charge < -0.3 is 9.15 Å². The van der Waals surface area contributed by atoms with E-state index < -0.39 is 5.97 Å². The van der Waals surface area contributed by atoms with Gasteiger partial charge in [-0.2, -0.15) is 0 Å². The van der Waals surface area contributed by atoms with Gasteiger partial charge in [-0.05, 0) is 43.3 Å². The maximum absolute atomic E-state index is 11.6. The summed E-state index contributed by atoms with van der Waals surface area (Å²) in [6.45, 7) is 1.83. The second kappa shape index (κ2) is 6.08. The largest absolute Gasteiger partial charge is 0.462 e. The molecule has 0 unspecified atom stereocenters. The van der Waals surface area contributed by atoms with Gasteiger partial charge in [-0.15, -0.1) is 0 Å². The second-order valence-electron chi connectivity index (χ2n) is 3.78. The number of carbonyl (C=O) groups is 1. The molecule has 0 aliphatic rings. The highest BCUT2D eigenvalue weighted by Crippen LogP contribution is 2.27. The van der Waals surface area contributed by atoms with Crippen LogP contribution in [-0.2, 0) is 4.79 Å². The lowest BCUT2D eigenvalue weighted by Crippen LogP contribution is -2.03. The van der Waals surface area contributed by atoms with E-state index in [1.54, 1.807) is 30.3 Å². The lowest BCUT2D eigenvalue weighted by Gasteiger charge is -2.03. The zero-order valence-corrected chi connectivity index (χ0v) is 12.4. The number of aryl methyl sites for hydroxylation is 1. The third kappa shape index (κ3) is 3.98. The standard InChI is InChI=1S/C14H10BrClO3/c1-9-2-4-11(18-9)5-7-14(17)19-13-6-3-10(15)8-12(13)16/h2-8H,1H3. The van der Waals surface area contributed by atoms with Crippen LogP contribution in [0, 0.1) is 6.92 Å². The minimum Gasteiger partial charge on any atom is -0.462 e. The first-order valence-corrected chi connectivity index (χ1v) is 6.63. The van der Waals surface area contributed by atoms with E-state index in [0.717, 1.165) is 10.2 Å². The predicted octanol–water partition coefficient (Wildman–Crippen LogP) is 4.62. The van der Waals surface area contributed by atoms with Crippen molar-refractivity contribution >= 4 is 39.6 Å². The molecular weight excluding hydrogens is 332 g/mol. The Morgan fingerprint density at radius 1 is 1.37 bits per heavy atom. The molecule has 0 fully saturated rings. The van der Waals surface area contributed by atoms with Crippen molar-refractivity contribution in [3.63, 3.8) is 0 Å². The van der Waals surface area contributed by atoms with Crippen LogP contribution in [0.4, 0.5) is 0 Å². The minimum absolute atomic E-state index is 0.315. The van der Waals surface area contributed by atoms with Crippen molar-refractivity contribution in [3.05, 3.63) is 57.4 Å². The van der Waals surface area contributed by atoms with E-state index >= 15 is 0 Å². The number of ether oxygens (including phenoxy) is 1. The third-order valence-electron chi connectivity index (χ3n) is 2.25. The van der Waals surface area contributed by atoms with Crippen molar-refractivity contribution < 1.29 is 13.9 Å². The highest BCUT2D eigenvalue weighted by Gasteiger charge is 2.06. The van der Waals surface area contributed by atoms with Gasteiger partial charge in [0.2, 0.25) is 0 Å². The van der Waals surface area contributed by atoms with E-state index in [9.17, 15) is 4.79 Å². The van der Waals surface area contributed by atoms with Crippen LogP contribution in [0.2, 0.25) is 5.02 Å². The number of hydrogen-bond acceptors (Lipinski definition) is 3. The van der Waals surface area contributed by atoms with Crippen molar-refractivity contribution in [1.82, 2.24) is 0 Å². The van der Waals surface area contributed by atoms with Crippen LogP contribution in [0.1, 0.15) is 11.5 Å². The monoisotopic (exact) mass is 340 g/mol. The first-order chi connectivity index (χ1) is 9.04. The molecule has 19 heavy (non-hydrogen) atoms. The number of benzene rings is 1. The lowest BCUT2D eigenvalue weighted by atomic mass is 10.3. The fraction of sp³-hybridized carbons (Fsp3) is 0.0714. The fourth-order valence-electron chi connectivity index (χ4n) is 1.39. The Labute approximate surface area is 123 Å². The number of hydrogen-bond donors (Lipinski definition) is 0. The molecule has 0 aliphatic carbocycles. The van der Waals surface area contributed by atoms with Gasteiger partial charge in [-0.1, -0.05) is 27.5 Å². The minimum atomic E-state index is -0.515. The fourth-order valence-corrected chi connectivity index (χ4v) is 2.11. The quantitative estimate of drug-likeness (QED) is 0.464. The van der Waals surface area contributed by atoms with Crippen LogP contribution in [0.15, 0.2) is 45.3 Å². The molecule has 98 valence electrons. The smallest absolute Gasteiger partial charge is 0.336 e. The number of halogens is 2. The normalized spacial score (nSPS) is 10.9. The van der Waals surface area contributed by atoms with Crippen LogP contribution in [-0.4, -0.2) is 5.97 Å². The Balaban J connectivity index is 2.03. The number of rotatable bonds is 3. The molecule has 0 radical (unpaired) electrons. The molecule has 2 rings (SSSR count). The Kier molecular flexibility index (Phi) is 4.45. The van der Waals surface area contributed by atoms with Gasteiger partial charge in [0.1, 0.15) is 17.3 Å².